The molecule has 2 aliphatic rings. The Bertz CT molecular complexity index is 990. The molecule has 0 radical (unpaired) electrons. The number of aliphatic hydroxyl groups excluding tert-OH is 1. The van der Waals surface area contributed by atoms with Gasteiger partial charge in [0.25, 0.3) is 5.91 Å². The summed E-state index contributed by atoms with van der Waals surface area (Å²) >= 11 is 2.85. The molecule has 0 aromatic heterocycles. The first-order valence-electron chi connectivity index (χ1n) is 10.1. The zero-order chi connectivity index (χ0) is 24.4. The molecule has 2 N–H and O–H groups in total. The highest BCUT2D eigenvalue weighted by Crippen LogP contribution is 2.51. The van der Waals surface area contributed by atoms with Crippen molar-refractivity contribution in [1.29, 1.82) is 0 Å². The maximum atomic E-state index is 15.4. The standard InChI is InChI=1S/C21H25BrFN2O7P/c1-13(14(2)26)12-33(29,32-16-7-5-4-6-8-16)30-11-17-19(28)21(22,23)20(31-17)25-10-9-18(27)24-15(25)3/h4-10,13,17,19-20,28H,3,11-12H2,1-2H3,(H,24,27)/t13-,17-,19+,20-,21?,33?/m1/s1. The minimum absolute atomic E-state index is 0.0520. The first kappa shape index (κ1) is 25.6. The molecule has 1 aromatic rings. The van der Waals surface area contributed by atoms with Crippen molar-refractivity contribution in [2.45, 2.75) is 36.9 Å². The lowest BCUT2D eigenvalue weighted by Crippen LogP contribution is -2.49. The highest BCUT2D eigenvalue weighted by atomic mass is 79.9. The predicted molar refractivity (Wildman–Crippen MR) is 121 cm³/mol. The Balaban J connectivity index is 1.76. The molecule has 9 nitrogen and oxygen atoms in total. The number of nitrogens with zero attached hydrogens (tertiary/aromatic N) is 1. The van der Waals surface area contributed by atoms with Crippen molar-refractivity contribution in [3.8, 4) is 5.75 Å². The number of carbonyl (C=O) groups is 2. The Hall–Kier alpha value is -2.04. The molecule has 2 aliphatic heterocycles. The van der Waals surface area contributed by atoms with E-state index < -0.39 is 49.0 Å². The van der Waals surface area contributed by atoms with Gasteiger partial charge in [0.2, 0.25) is 4.58 Å². The molecule has 6 atom stereocenters. The monoisotopic (exact) mass is 546 g/mol. The summed E-state index contributed by atoms with van der Waals surface area (Å²) in [6, 6.07) is 8.28. The van der Waals surface area contributed by atoms with Crippen LogP contribution in [0.5, 0.6) is 5.75 Å². The molecule has 3 rings (SSSR count). The third-order valence-electron chi connectivity index (χ3n) is 5.21. The fourth-order valence-corrected chi connectivity index (χ4v) is 5.82. The van der Waals surface area contributed by atoms with Crippen LogP contribution in [0.4, 0.5) is 4.39 Å². The number of carbonyl (C=O) groups excluding carboxylic acids is 2. The highest BCUT2D eigenvalue weighted by Gasteiger charge is 2.59. The minimum atomic E-state index is -3.90. The summed E-state index contributed by atoms with van der Waals surface area (Å²) in [6.45, 7) is 6.13. The molecular formula is C21H25BrFN2O7P. The van der Waals surface area contributed by atoms with E-state index >= 15 is 4.39 Å². The predicted octanol–water partition coefficient (Wildman–Crippen LogP) is 3.06. The second-order valence-electron chi connectivity index (χ2n) is 7.81. The lowest BCUT2D eigenvalue weighted by molar-refractivity contribution is -0.120. The molecular weight excluding hydrogens is 522 g/mol. The number of rotatable bonds is 9. The van der Waals surface area contributed by atoms with Crippen LogP contribution in [0.25, 0.3) is 0 Å². The highest BCUT2D eigenvalue weighted by molar-refractivity contribution is 9.10. The van der Waals surface area contributed by atoms with E-state index in [1.807, 2.05) is 0 Å². The molecule has 1 amide bonds. The normalized spacial score (nSPS) is 30.0. The van der Waals surface area contributed by atoms with Crippen LogP contribution in [0, 0.1) is 5.92 Å². The number of alkyl halides is 2. The summed E-state index contributed by atoms with van der Waals surface area (Å²) in [5.74, 6) is -0.937. The fourth-order valence-electron chi connectivity index (χ4n) is 3.22. The number of benzene rings is 1. The van der Waals surface area contributed by atoms with Gasteiger partial charge in [-0.25, -0.2) is 8.96 Å². The average Bonchev–Trinajstić information content (AvgIpc) is 2.96. The Morgan fingerprint density at radius 1 is 1.45 bits per heavy atom. The average molecular weight is 547 g/mol. The van der Waals surface area contributed by atoms with E-state index in [2.05, 4.69) is 27.8 Å². The number of hydrogen-bond acceptors (Lipinski definition) is 8. The van der Waals surface area contributed by atoms with Crippen LogP contribution in [-0.4, -0.2) is 57.5 Å². The molecule has 33 heavy (non-hydrogen) atoms. The molecule has 0 bridgehead atoms. The molecule has 2 heterocycles. The summed E-state index contributed by atoms with van der Waals surface area (Å²) in [7, 11) is -3.90. The molecule has 1 fully saturated rings. The van der Waals surface area contributed by atoms with Gasteiger partial charge in [-0.1, -0.05) is 31.7 Å². The quantitative estimate of drug-likeness (QED) is 0.359. The van der Waals surface area contributed by atoms with Gasteiger partial charge in [0.1, 0.15) is 29.6 Å². The molecule has 180 valence electrons. The zero-order valence-corrected chi connectivity index (χ0v) is 20.5. The summed E-state index contributed by atoms with van der Waals surface area (Å²) in [5.41, 5.74) is 0. The van der Waals surface area contributed by atoms with Crippen LogP contribution in [-0.2, 0) is 23.4 Å². The van der Waals surface area contributed by atoms with Gasteiger partial charge in [0, 0.05) is 18.2 Å². The number of para-hydroxylation sites is 1. The van der Waals surface area contributed by atoms with Crippen LogP contribution in [0.15, 0.2) is 55.0 Å². The van der Waals surface area contributed by atoms with Crippen molar-refractivity contribution in [3.63, 3.8) is 0 Å². The van der Waals surface area contributed by atoms with Crippen molar-refractivity contribution in [3.05, 3.63) is 55.0 Å². The van der Waals surface area contributed by atoms with Gasteiger partial charge in [-0.2, -0.15) is 0 Å². The van der Waals surface area contributed by atoms with Gasteiger partial charge in [0.05, 0.1) is 12.8 Å². The molecule has 0 aliphatic carbocycles. The van der Waals surface area contributed by atoms with Crippen molar-refractivity contribution in [2.24, 2.45) is 5.92 Å². The fraction of sp³-hybridized carbons (Fsp3) is 0.429. The van der Waals surface area contributed by atoms with E-state index in [0.29, 0.717) is 0 Å². The summed E-state index contributed by atoms with van der Waals surface area (Å²) in [6.07, 6.45) is -2.17. The van der Waals surface area contributed by atoms with Crippen LogP contribution in [0.3, 0.4) is 0 Å². The molecule has 0 saturated carbocycles. The maximum absolute atomic E-state index is 15.4. The van der Waals surface area contributed by atoms with Crippen molar-refractivity contribution in [2.75, 3.05) is 12.8 Å². The number of Topliss-reactive ketones (excluding diaryl/α,β-unsaturated/α-hetero) is 1. The van der Waals surface area contributed by atoms with Crippen molar-refractivity contribution in [1.82, 2.24) is 10.2 Å². The van der Waals surface area contributed by atoms with Gasteiger partial charge in [-0.05, 0) is 35.0 Å². The first-order valence-corrected chi connectivity index (χ1v) is 12.6. The van der Waals surface area contributed by atoms with E-state index in [0.717, 1.165) is 6.08 Å². The number of aliphatic hydroxyl groups is 1. The molecule has 1 aromatic carbocycles. The second kappa shape index (κ2) is 10.1. The van der Waals surface area contributed by atoms with Crippen molar-refractivity contribution < 1.29 is 37.4 Å². The molecule has 2 unspecified atom stereocenters. The lowest BCUT2D eigenvalue weighted by atomic mass is 10.1. The van der Waals surface area contributed by atoms with Crippen LogP contribution < -0.4 is 9.84 Å². The minimum Gasteiger partial charge on any atom is -0.424 e. The Morgan fingerprint density at radius 3 is 2.73 bits per heavy atom. The van der Waals surface area contributed by atoms with E-state index in [-0.39, 0.29) is 23.5 Å². The summed E-state index contributed by atoms with van der Waals surface area (Å²) < 4.78 is 43.2. The lowest BCUT2D eigenvalue weighted by Gasteiger charge is -2.34. The number of ketones is 1. The third-order valence-corrected chi connectivity index (χ3v) is 8.10. The zero-order valence-electron chi connectivity index (χ0n) is 18.0. The van der Waals surface area contributed by atoms with E-state index in [1.54, 1.807) is 37.3 Å². The maximum Gasteiger partial charge on any atom is 0.379 e. The Kier molecular flexibility index (Phi) is 7.80. The van der Waals surface area contributed by atoms with Gasteiger partial charge >= 0.3 is 7.60 Å². The van der Waals surface area contributed by atoms with Gasteiger partial charge in [0.15, 0.2) is 6.23 Å². The van der Waals surface area contributed by atoms with E-state index in [1.165, 1.54) is 18.0 Å². The Labute approximate surface area is 199 Å². The third kappa shape index (κ3) is 5.91. The number of amides is 1. The topological polar surface area (TPSA) is 114 Å². The van der Waals surface area contributed by atoms with Gasteiger partial charge in [-0.3, -0.25) is 14.1 Å². The molecule has 1 saturated heterocycles. The number of hydrogen-bond donors (Lipinski definition) is 2. The van der Waals surface area contributed by atoms with Gasteiger partial charge < -0.3 is 24.6 Å². The number of ether oxygens (including phenoxy) is 1. The number of halogens is 2. The Morgan fingerprint density at radius 2 is 2.12 bits per heavy atom. The van der Waals surface area contributed by atoms with Crippen LogP contribution in [0.2, 0.25) is 0 Å². The smallest absolute Gasteiger partial charge is 0.379 e. The first-order chi connectivity index (χ1) is 15.4. The SMILES string of the molecule is C=C1NC(=O)C=CN1[C@@H]1O[C@H](COP(=O)(C[C@@H](C)C(C)=O)Oc2ccccc2)[C@H](O)C1(F)Br. The van der Waals surface area contributed by atoms with Crippen LogP contribution >= 0.6 is 23.5 Å². The molecule has 0 spiro atoms. The molecule has 12 heteroatoms. The largest absolute Gasteiger partial charge is 0.424 e. The van der Waals surface area contributed by atoms with E-state index in [9.17, 15) is 19.3 Å². The summed E-state index contributed by atoms with van der Waals surface area (Å²) in [5, 5.41) is 13.0. The summed E-state index contributed by atoms with van der Waals surface area (Å²) in [4.78, 5) is 24.4. The van der Waals surface area contributed by atoms with E-state index in [4.69, 9.17) is 13.8 Å². The van der Waals surface area contributed by atoms with Gasteiger partial charge in [-0.15, -0.1) is 0 Å². The van der Waals surface area contributed by atoms with Crippen molar-refractivity contribution >= 4 is 35.2 Å². The second-order valence-corrected chi connectivity index (χ2v) is 11.1. The number of nitrogens with one attached hydrogen (secondary N) is 1. The van der Waals surface area contributed by atoms with Crippen LogP contribution in [0.1, 0.15) is 13.8 Å².